The summed E-state index contributed by atoms with van der Waals surface area (Å²) < 4.78 is 4.51. The summed E-state index contributed by atoms with van der Waals surface area (Å²) in [5.41, 5.74) is 0. The van der Waals surface area contributed by atoms with E-state index in [0.717, 1.165) is 13.0 Å². The minimum atomic E-state index is -0.657. The van der Waals surface area contributed by atoms with E-state index in [1.165, 1.54) is 12.0 Å². The highest BCUT2D eigenvalue weighted by atomic mass is 32.1. The number of methoxy groups -OCH3 is 1. The Morgan fingerprint density at radius 2 is 2.41 bits per heavy atom. The van der Waals surface area contributed by atoms with Crippen LogP contribution >= 0.6 is 11.3 Å². The molecule has 1 rings (SSSR count). The van der Waals surface area contributed by atoms with E-state index in [1.807, 2.05) is 18.0 Å². The number of aliphatic hydroxyl groups excluding tert-OH is 1. The summed E-state index contributed by atoms with van der Waals surface area (Å²) in [6, 6.07) is 4.13. The van der Waals surface area contributed by atoms with Gasteiger partial charge in [-0.25, -0.2) is 0 Å². The van der Waals surface area contributed by atoms with E-state index in [9.17, 15) is 9.90 Å². The van der Waals surface area contributed by atoms with E-state index in [-0.39, 0.29) is 12.4 Å². The van der Waals surface area contributed by atoms with Crippen LogP contribution in [0.2, 0.25) is 0 Å². The summed E-state index contributed by atoms with van der Waals surface area (Å²) in [6.45, 7) is 1.36. The topological polar surface area (TPSA) is 49.8 Å². The van der Waals surface area contributed by atoms with Gasteiger partial charge in [0.1, 0.15) is 0 Å². The first-order chi connectivity index (χ1) is 8.11. The minimum Gasteiger partial charge on any atom is -0.469 e. The van der Waals surface area contributed by atoms with Gasteiger partial charge in [0.05, 0.1) is 19.6 Å². The van der Waals surface area contributed by atoms with Crippen LogP contribution in [0.1, 0.15) is 11.3 Å². The summed E-state index contributed by atoms with van der Waals surface area (Å²) in [6.07, 6.45) is 0.370. The third kappa shape index (κ3) is 5.81. The van der Waals surface area contributed by atoms with Crippen LogP contribution in [-0.4, -0.2) is 49.3 Å². The monoisotopic (exact) mass is 257 g/mol. The Bertz CT molecular complexity index is 327. The van der Waals surface area contributed by atoms with Gasteiger partial charge in [-0.15, -0.1) is 11.3 Å². The molecule has 1 aromatic rings. The van der Waals surface area contributed by atoms with Crippen molar-refractivity contribution in [1.29, 1.82) is 0 Å². The maximum atomic E-state index is 10.9. The Balaban J connectivity index is 2.19. The molecule has 0 aliphatic rings. The van der Waals surface area contributed by atoms with E-state index < -0.39 is 6.10 Å². The molecule has 5 heteroatoms. The highest BCUT2D eigenvalue weighted by molar-refractivity contribution is 7.09. The molecule has 1 unspecified atom stereocenters. The molecule has 0 radical (unpaired) electrons. The Hall–Kier alpha value is -0.910. The lowest BCUT2D eigenvalue weighted by Crippen LogP contribution is -2.32. The molecule has 0 aromatic carbocycles. The second kappa shape index (κ2) is 7.42. The van der Waals surface area contributed by atoms with Gasteiger partial charge in [0.2, 0.25) is 0 Å². The molecule has 1 atom stereocenters. The molecule has 0 bridgehead atoms. The average Bonchev–Trinajstić information content (AvgIpc) is 2.78. The van der Waals surface area contributed by atoms with E-state index >= 15 is 0 Å². The predicted molar refractivity (Wildman–Crippen MR) is 68.2 cm³/mol. The van der Waals surface area contributed by atoms with E-state index in [4.69, 9.17) is 0 Å². The summed E-state index contributed by atoms with van der Waals surface area (Å²) in [5.74, 6) is -0.371. The number of carbonyl (C=O) groups is 1. The van der Waals surface area contributed by atoms with Crippen molar-refractivity contribution >= 4 is 17.3 Å². The highest BCUT2D eigenvalue weighted by Gasteiger charge is 2.13. The Morgan fingerprint density at radius 3 is 3.00 bits per heavy atom. The number of rotatable bonds is 7. The fourth-order valence-electron chi connectivity index (χ4n) is 1.55. The first-order valence-electron chi connectivity index (χ1n) is 5.57. The van der Waals surface area contributed by atoms with Gasteiger partial charge in [-0.3, -0.25) is 4.79 Å². The van der Waals surface area contributed by atoms with Crippen molar-refractivity contribution in [3.63, 3.8) is 0 Å². The van der Waals surface area contributed by atoms with Crippen molar-refractivity contribution in [2.75, 3.05) is 27.2 Å². The van der Waals surface area contributed by atoms with Crippen molar-refractivity contribution in [3.05, 3.63) is 22.4 Å². The smallest absolute Gasteiger partial charge is 0.308 e. The lowest BCUT2D eigenvalue weighted by molar-refractivity contribution is -0.143. The predicted octanol–water partition coefficient (Wildman–Crippen LogP) is 1.15. The number of ether oxygens (including phenoxy) is 1. The van der Waals surface area contributed by atoms with Gasteiger partial charge < -0.3 is 14.7 Å². The fraction of sp³-hybridized carbons (Fsp3) is 0.583. The maximum absolute atomic E-state index is 10.9. The number of likely N-dealkylation sites (N-methyl/N-ethyl adjacent to an activating group) is 1. The number of hydrogen-bond donors (Lipinski definition) is 1. The SMILES string of the molecule is COC(=O)CC(O)CN(C)CCc1cccs1. The molecule has 1 N–H and O–H groups in total. The molecule has 0 spiro atoms. The Morgan fingerprint density at radius 1 is 1.65 bits per heavy atom. The molecule has 0 aliphatic heterocycles. The molecule has 0 aliphatic carbocycles. The second-order valence-electron chi connectivity index (χ2n) is 4.03. The number of esters is 1. The zero-order valence-corrected chi connectivity index (χ0v) is 11.1. The second-order valence-corrected chi connectivity index (χ2v) is 5.06. The van der Waals surface area contributed by atoms with Crippen molar-refractivity contribution < 1.29 is 14.6 Å². The lowest BCUT2D eigenvalue weighted by Gasteiger charge is -2.19. The van der Waals surface area contributed by atoms with Gasteiger partial charge >= 0.3 is 5.97 Å². The highest BCUT2D eigenvalue weighted by Crippen LogP contribution is 2.09. The summed E-state index contributed by atoms with van der Waals surface area (Å²) in [4.78, 5) is 14.3. The van der Waals surface area contributed by atoms with Crippen LogP contribution in [0.5, 0.6) is 0 Å². The van der Waals surface area contributed by atoms with Crippen LogP contribution in [-0.2, 0) is 16.0 Å². The first-order valence-corrected chi connectivity index (χ1v) is 6.45. The van der Waals surface area contributed by atoms with Crippen molar-refractivity contribution in [1.82, 2.24) is 4.90 Å². The van der Waals surface area contributed by atoms with Crippen LogP contribution in [0.15, 0.2) is 17.5 Å². The van der Waals surface area contributed by atoms with Gasteiger partial charge in [-0.2, -0.15) is 0 Å². The molecule has 0 fully saturated rings. The largest absolute Gasteiger partial charge is 0.469 e. The molecule has 17 heavy (non-hydrogen) atoms. The molecule has 96 valence electrons. The molecule has 1 aromatic heterocycles. The Kier molecular flexibility index (Phi) is 6.18. The van der Waals surface area contributed by atoms with Crippen LogP contribution in [0.3, 0.4) is 0 Å². The van der Waals surface area contributed by atoms with E-state index in [0.29, 0.717) is 6.54 Å². The molecule has 0 amide bonds. The minimum absolute atomic E-state index is 0.0554. The van der Waals surface area contributed by atoms with Crippen LogP contribution in [0.4, 0.5) is 0 Å². The van der Waals surface area contributed by atoms with Crippen molar-refractivity contribution in [3.8, 4) is 0 Å². The van der Waals surface area contributed by atoms with Crippen molar-refractivity contribution in [2.45, 2.75) is 18.9 Å². The fourth-order valence-corrected chi connectivity index (χ4v) is 2.25. The van der Waals surface area contributed by atoms with Crippen molar-refractivity contribution in [2.24, 2.45) is 0 Å². The first kappa shape index (κ1) is 14.2. The van der Waals surface area contributed by atoms with Gasteiger partial charge in [0.15, 0.2) is 0 Å². The molecule has 0 saturated heterocycles. The third-order valence-electron chi connectivity index (χ3n) is 2.47. The van der Waals surface area contributed by atoms with E-state index in [2.05, 4.69) is 16.2 Å². The number of carbonyl (C=O) groups excluding carboxylic acids is 1. The van der Waals surface area contributed by atoms with Gasteiger partial charge in [0.25, 0.3) is 0 Å². The number of hydrogen-bond acceptors (Lipinski definition) is 5. The quantitative estimate of drug-likeness (QED) is 0.744. The number of aliphatic hydroxyl groups is 1. The Labute approximate surface area is 106 Å². The van der Waals surface area contributed by atoms with Gasteiger partial charge in [-0.1, -0.05) is 6.07 Å². The normalized spacial score (nSPS) is 12.7. The standard InChI is InChI=1S/C12H19NO3S/c1-13(6-5-11-4-3-7-17-11)9-10(14)8-12(15)16-2/h3-4,7,10,14H,5-6,8-9H2,1-2H3. The third-order valence-corrected chi connectivity index (χ3v) is 3.41. The van der Waals surface area contributed by atoms with Crippen LogP contribution in [0, 0.1) is 0 Å². The zero-order valence-electron chi connectivity index (χ0n) is 10.3. The van der Waals surface area contributed by atoms with Crippen LogP contribution < -0.4 is 0 Å². The molecule has 0 saturated carbocycles. The van der Waals surface area contributed by atoms with E-state index in [1.54, 1.807) is 11.3 Å². The van der Waals surface area contributed by atoms with Gasteiger partial charge in [-0.05, 0) is 24.9 Å². The zero-order chi connectivity index (χ0) is 12.7. The molecule has 1 heterocycles. The molecular formula is C12H19NO3S. The average molecular weight is 257 g/mol. The lowest BCUT2D eigenvalue weighted by atomic mass is 10.2. The summed E-state index contributed by atoms with van der Waals surface area (Å²) in [7, 11) is 3.27. The summed E-state index contributed by atoms with van der Waals surface area (Å²) in [5, 5.41) is 11.7. The maximum Gasteiger partial charge on any atom is 0.308 e. The van der Waals surface area contributed by atoms with Crippen LogP contribution in [0.25, 0.3) is 0 Å². The summed E-state index contributed by atoms with van der Waals surface area (Å²) >= 11 is 1.73. The molecule has 4 nitrogen and oxygen atoms in total. The number of nitrogens with zero attached hydrogens (tertiary/aromatic N) is 1. The molecular weight excluding hydrogens is 238 g/mol. The number of thiophene rings is 1. The van der Waals surface area contributed by atoms with Gasteiger partial charge in [0, 0.05) is 18.0 Å².